The fraction of sp³-hybridized carbons (Fsp3) is 0.368. The second kappa shape index (κ2) is 7.43. The molecule has 0 atom stereocenters. The molecule has 0 bridgehead atoms. The van der Waals surface area contributed by atoms with Gasteiger partial charge in [-0.3, -0.25) is 10.4 Å². The highest BCUT2D eigenvalue weighted by Gasteiger charge is 2.22. The minimum Gasteiger partial charge on any atom is -0.444 e. The van der Waals surface area contributed by atoms with Crippen LogP contribution in [0.4, 0.5) is 10.5 Å². The average molecular weight is 417 g/mol. The lowest BCUT2D eigenvalue weighted by Gasteiger charge is -2.21. The summed E-state index contributed by atoms with van der Waals surface area (Å²) in [5.74, 6) is 0. The van der Waals surface area contributed by atoms with Crippen molar-refractivity contribution in [3.05, 3.63) is 30.0 Å². The average Bonchev–Trinajstić information content (AvgIpc) is 3.02. The number of hydrogen-bond acceptors (Lipinski definition) is 7. The maximum Gasteiger partial charge on any atom is 0.412 e. The van der Waals surface area contributed by atoms with Gasteiger partial charge in [-0.05, 0) is 38.8 Å². The number of benzene rings is 1. The highest BCUT2D eigenvalue weighted by atomic mass is 32.2. The SMILES string of the molecule is CCc1cccc(NC(=O)OC(C)(C)C)c1-c1n[nH]c2nc(S(C)(=O)=O)ncc12. The Balaban J connectivity index is 2.12. The third kappa shape index (κ3) is 4.53. The molecule has 3 aromatic rings. The summed E-state index contributed by atoms with van der Waals surface area (Å²) in [6.07, 6.45) is 2.57. The number of aromatic amines is 1. The van der Waals surface area contributed by atoms with Crippen LogP contribution in [0.1, 0.15) is 33.3 Å². The predicted octanol–water partition coefficient (Wildman–Crippen LogP) is 3.33. The van der Waals surface area contributed by atoms with Crippen molar-refractivity contribution in [2.24, 2.45) is 0 Å². The van der Waals surface area contributed by atoms with Crippen molar-refractivity contribution in [3.8, 4) is 11.3 Å². The molecule has 0 radical (unpaired) electrons. The van der Waals surface area contributed by atoms with Crippen LogP contribution >= 0.6 is 0 Å². The zero-order valence-electron chi connectivity index (χ0n) is 16.9. The van der Waals surface area contributed by atoms with Crippen molar-refractivity contribution in [3.63, 3.8) is 0 Å². The second-order valence-corrected chi connectivity index (χ2v) is 9.49. The number of hydrogen-bond donors (Lipinski definition) is 2. The second-order valence-electron chi connectivity index (χ2n) is 7.58. The maximum absolute atomic E-state index is 12.3. The third-order valence-electron chi connectivity index (χ3n) is 4.03. The van der Waals surface area contributed by atoms with Crippen molar-refractivity contribution in [1.29, 1.82) is 0 Å². The molecule has 0 fully saturated rings. The Morgan fingerprint density at radius 3 is 2.62 bits per heavy atom. The quantitative estimate of drug-likeness (QED) is 0.623. The number of sulfone groups is 1. The number of carbonyl (C=O) groups excluding carboxylic acids is 1. The van der Waals surface area contributed by atoms with Crippen LogP contribution in [0.25, 0.3) is 22.3 Å². The lowest BCUT2D eigenvalue weighted by molar-refractivity contribution is 0.0636. The molecule has 0 unspecified atom stereocenters. The summed E-state index contributed by atoms with van der Waals surface area (Å²) < 4.78 is 28.8. The van der Waals surface area contributed by atoms with Gasteiger partial charge in [-0.1, -0.05) is 19.1 Å². The molecule has 2 aromatic heterocycles. The normalized spacial score (nSPS) is 12.2. The van der Waals surface area contributed by atoms with E-state index in [2.05, 4.69) is 25.5 Å². The molecule has 154 valence electrons. The minimum absolute atomic E-state index is 0.281. The van der Waals surface area contributed by atoms with E-state index in [0.29, 0.717) is 34.4 Å². The van der Waals surface area contributed by atoms with Gasteiger partial charge in [-0.15, -0.1) is 0 Å². The van der Waals surface area contributed by atoms with E-state index in [4.69, 9.17) is 4.74 Å². The van der Waals surface area contributed by atoms with E-state index in [1.165, 1.54) is 6.20 Å². The minimum atomic E-state index is -3.55. The molecule has 0 aliphatic carbocycles. The van der Waals surface area contributed by atoms with Crippen molar-refractivity contribution in [2.45, 2.75) is 44.9 Å². The molecular formula is C19H23N5O4S. The summed E-state index contributed by atoms with van der Waals surface area (Å²) in [5.41, 5.74) is 2.34. The van der Waals surface area contributed by atoms with Gasteiger partial charge in [-0.2, -0.15) is 10.1 Å². The number of aryl methyl sites for hydroxylation is 1. The monoisotopic (exact) mass is 417 g/mol. The number of carbonyl (C=O) groups is 1. The number of aromatic nitrogens is 4. The summed E-state index contributed by atoms with van der Waals surface area (Å²) in [6, 6.07) is 5.52. The molecule has 1 amide bonds. The first-order chi connectivity index (χ1) is 13.5. The topological polar surface area (TPSA) is 127 Å². The molecular weight excluding hydrogens is 394 g/mol. The fourth-order valence-corrected chi connectivity index (χ4v) is 3.36. The standard InChI is InChI=1S/C19H23N5O4S/c1-6-11-8-7-9-13(21-18(25)28-19(2,3)4)14(11)15-12-10-20-17(29(5,26)27)22-16(12)24-23-15/h7-10H,6H2,1-5H3,(H,21,25)(H,20,22,23,24). The molecule has 0 aliphatic rings. The van der Waals surface area contributed by atoms with E-state index in [0.717, 1.165) is 11.8 Å². The molecule has 1 aromatic carbocycles. The number of amides is 1. The van der Waals surface area contributed by atoms with Crippen molar-refractivity contribution in [1.82, 2.24) is 20.2 Å². The zero-order valence-corrected chi connectivity index (χ0v) is 17.7. The molecule has 10 heteroatoms. The lowest BCUT2D eigenvalue weighted by Crippen LogP contribution is -2.27. The summed E-state index contributed by atoms with van der Waals surface area (Å²) in [4.78, 5) is 20.3. The Bertz CT molecular complexity index is 1180. The van der Waals surface area contributed by atoms with Crippen LogP contribution in [0.5, 0.6) is 0 Å². The molecule has 29 heavy (non-hydrogen) atoms. The molecule has 0 saturated carbocycles. The molecule has 2 N–H and O–H groups in total. The molecule has 2 heterocycles. The maximum atomic E-state index is 12.3. The number of anilines is 1. The van der Waals surface area contributed by atoms with Crippen LogP contribution in [-0.2, 0) is 21.0 Å². The number of ether oxygens (including phenoxy) is 1. The first-order valence-corrected chi connectivity index (χ1v) is 10.9. The van der Waals surface area contributed by atoms with Crippen LogP contribution in [0.3, 0.4) is 0 Å². The number of nitrogens with zero attached hydrogens (tertiary/aromatic N) is 3. The van der Waals surface area contributed by atoms with Gasteiger partial charge in [-0.25, -0.2) is 18.2 Å². The van der Waals surface area contributed by atoms with Crippen molar-refractivity contribution in [2.75, 3.05) is 11.6 Å². The van der Waals surface area contributed by atoms with E-state index < -0.39 is 21.5 Å². The van der Waals surface area contributed by atoms with Crippen LogP contribution in [0.2, 0.25) is 0 Å². The Labute approximate surface area is 168 Å². The summed E-state index contributed by atoms with van der Waals surface area (Å²) >= 11 is 0. The van der Waals surface area contributed by atoms with Gasteiger partial charge >= 0.3 is 6.09 Å². The molecule has 0 saturated heterocycles. The molecule has 0 aliphatic heterocycles. The Kier molecular flexibility index (Phi) is 5.31. The van der Waals surface area contributed by atoms with E-state index in [1.807, 2.05) is 19.1 Å². The van der Waals surface area contributed by atoms with E-state index in [-0.39, 0.29) is 5.16 Å². The van der Waals surface area contributed by atoms with Crippen LogP contribution in [0.15, 0.2) is 29.6 Å². The largest absolute Gasteiger partial charge is 0.444 e. The number of rotatable bonds is 4. The van der Waals surface area contributed by atoms with Gasteiger partial charge in [0.25, 0.3) is 0 Å². The van der Waals surface area contributed by atoms with Gasteiger partial charge in [0.05, 0.1) is 11.1 Å². The molecule has 3 rings (SSSR count). The molecule has 9 nitrogen and oxygen atoms in total. The number of H-pyrrole nitrogens is 1. The number of fused-ring (bicyclic) bond motifs is 1. The van der Waals surface area contributed by atoms with Gasteiger partial charge in [0.1, 0.15) is 11.3 Å². The zero-order chi connectivity index (χ0) is 21.4. The first-order valence-electron chi connectivity index (χ1n) is 9.03. The van der Waals surface area contributed by atoms with E-state index >= 15 is 0 Å². The highest BCUT2D eigenvalue weighted by Crippen LogP contribution is 2.35. The fourth-order valence-electron chi connectivity index (χ4n) is 2.85. The van der Waals surface area contributed by atoms with Gasteiger partial charge in [0, 0.05) is 18.0 Å². The van der Waals surface area contributed by atoms with Gasteiger partial charge in [0.15, 0.2) is 5.65 Å². The van der Waals surface area contributed by atoms with Crippen LogP contribution in [-0.4, -0.2) is 46.5 Å². The van der Waals surface area contributed by atoms with E-state index in [1.54, 1.807) is 26.8 Å². The Morgan fingerprint density at radius 2 is 2.00 bits per heavy atom. The first kappa shape index (κ1) is 20.7. The van der Waals surface area contributed by atoms with E-state index in [9.17, 15) is 13.2 Å². The van der Waals surface area contributed by atoms with Gasteiger partial charge < -0.3 is 4.74 Å². The lowest BCUT2D eigenvalue weighted by atomic mass is 9.99. The Hall–Kier alpha value is -3.01. The van der Waals surface area contributed by atoms with Crippen molar-refractivity contribution >= 4 is 32.7 Å². The summed E-state index contributed by atoms with van der Waals surface area (Å²) in [5, 5.41) is 10.1. The smallest absolute Gasteiger partial charge is 0.412 e. The van der Waals surface area contributed by atoms with Crippen LogP contribution < -0.4 is 5.32 Å². The highest BCUT2D eigenvalue weighted by molar-refractivity contribution is 7.90. The van der Waals surface area contributed by atoms with Crippen molar-refractivity contribution < 1.29 is 17.9 Å². The van der Waals surface area contributed by atoms with Crippen LogP contribution in [0, 0.1) is 0 Å². The number of nitrogens with one attached hydrogen (secondary N) is 2. The predicted molar refractivity (Wildman–Crippen MR) is 109 cm³/mol. The molecule has 0 spiro atoms. The third-order valence-corrected chi connectivity index (χ3v) is 4.89. The summed E-state index contributed by atoms with van der Waals surface area (Å²) in [6.45, 7) is 7.35. The van der Waals surface area contributed by atoms with Gasteiger partial charge in [0.2, 0.25) is 15.0 Å². The summed E-state index contributed by atoms with van der Waals surface area (Å²) in [7, 11) is -3.55. The Morgan fingerprint density at radius 1 is 1.28 bits per heavy atom.